The van der Waals surface area contributed by atoms with Gasteiger partial charge in [-0.05, 0) is 74.5 Å². The average molecular weight is 358 g/mol. The number of benzene rings is 2. The van der Waals surface area contributed by atoms with E-state index in [1.165, 1.54) is 13.8 Å². The molecule has 5 nitrogen and oxygen atoms in total. The zero-order valence-corrected chi connectivity index (χ0v) is 15.0. The molecule has 27 heavy (non-hydrogen) atoms. The number of aliphatic imine (C=N–C) groups is 2. The van der Waals surface area contributed by atoms with Crippen LogP contribution in [0, 0.1) is 0 Å². The van der Waals surface area contributed by atoms with Gasteiger partial charge >= 0.3 is 0 Å². The van der Waals surface area contributed by atoms with Crippen LogP contribution in [0.15, 0.2) is 75.1 Å². The molecule has 0 spiro atoms. The molecule has 5 heteroatoms. The van der Waals surface area contributed by atoms with Crippen molar-refractivity contribution >= 4 is 35.4 Å². The highest BCUT2D eigenvalue weighted by Crippen LogP contribution is 2.16. The molecule has 0 aliphatic heterocycles. The molecule has 0 unspecified atom stereocenters. The van der Waals surface area contributed by atoms with Gasteiger partial charge in [-0.2, -0.15) is 0 Å². The van der Waals surface area contributed by atoms with E-state index in [1.54, 1.807) is 73.1 Å². The van der Waals surface area contributed by atoms with Crippen LogP contribution in [0.25, 0.3) is 0 Å². The second kappa shape index (κ2) is 8.19. The summed E-state index contributed by atoms with van der Waals surface area (Å²) in [5, 5.41) is 0. The van der Waals surface area contributed by atoms with Crippen molar-refractivity contribution in [1.29, 1.82) is 0 Å². The molecule has 0 radical (unpaired) electrons. The van der Waals surface area contributed by atoms with Gasteiger partial charge in [0.05, 0.1) is 23.8 Å². The molecule has 0 aliphatic carbocycles. The van der Waals surface area contributed by atoms with Crippen LogP contribution >= 0.6 is 0 Å². The van der Waals surface area contributed by atoms with E-state index in [1.807, 2.05) is 0 Å². The first-order valence-corrected chi connectivity index (χ1v) is 8.41. The minimum Gasteiger partial charge on any atom is -0.454 e. The van der Waals surface area contributed by atoms with E-state index in [0.29, 0.717) is 22.6 Å². The Kier molecular flexibility index (Phi) is 5.52. The van der Waals surface area contributed by atoms with Crippen molar-refractivity contribution in [2.24, 2.45) is 9.98 Å². The number of hydrogen-bond acceptors (Lipinski definition) is 5. The third-order valence-corrected chi connectivity index (χ3v) is 3.88. The Morgan fingerprint density at radius 3 is 1.37 bits per heavy atom. The highest BCUT2D eigenvalue weighted by Gasteiger charge is 2.00. The lowest BCUT2D eigenvalue weighted by Gasteiger charge is -1.96. The molecule has 0 saturated carbocycles. The van der Waals surface area contributed by atoms with Crippen molar-refractivity contribution in [3.05, 3.63) is 83.3 Å². The van der Waals surface area contributed by atoms with Crippen LogP contribution in [-0.4, -0.2) is 24.0 Å². The minimum atomic E-state index is 0.0245. The predicted molar refractivity (Wildman–Crippen MR) is 106 cm³/mol. The second-order valence-corrected chi connectivity index (χ2v) is 5.96. The van der Waals surface area contributed by atoms with Crippen LogP contribution in [-0.2, 0) is 0 Å². The molecular weight excluding hydrogens is 340 g/mol. The Morgan fingerprint density at radius 2 is 1.04 bits per heavy atom. The van der Waals surface area contributed by atoms with Gasteiger partial charge in [0.2, 0.25) is 0 Å². The van der Waals surface area contributed by atoms with E-state index < -0.39 is 0 Å². The molecule has 134 valence electrons. The highest BCUT2D eigenvalue weighted by atomic mass is 16.3. The zero-order chi connectivity index (χ0) is 19.2. The molecule has 0 saturated heterocycles. The summed E-state index contributed by atoms with van der Waals surface area (Å²) in [4.78, 5) is 31.2. The Labute approximate surface area is 157 Å². The minimum absolute atomic E-state index is 0.0245. The van der Waals surface area contributed by atoms with Crippen LogP contribution in [0.5, 0.6) is 0 Å². The molecule has 3 aromatic rings. The van der Waals surface area contributed by atoms with E-state index in [0.717, 1.165) is 11.4 Å². The van der Waals surface area contributed by atoms with E-state index >= 15 is 0 Å². The molecule has 0 bridgehead atoms. The zero-order valence-electron chi connectivity index (χ0n) is 15.0. The number of carbonyl (C=O) groups excluding carboxylic acids is 2. The maximum Gasteiger partial charge on any atom is 0.159 e. The van der Waals surface area contributed by atoms with Gasteiger partial charge in [-0.15, -0.1) is 0 Å². The molecule has 0 amide bonds. The van der Waals surface area contributed by atoms with Crippen molar-refractivity contribution in [2.45, 2.75) is 13.8 Å². The van der Waals surface area contributed by atoms with E-state index in [-0.39, 0.29) is 11.6 Å². The van der Waals surface area contributed by atoms with Gasteiger partial charge in [0.25, 0.3) is 0 Å². The van der Waals surface area contributed by atoms with Gasteiger partial charge < -0.3 is 4.42 Å². The quantitative estimate of drug-likeness (QED) is 0.450. The summed E-state index contributed by atoms with van der Waals surface area (Å²) in [7, 11) is 0. The van der Waals surface area contributed by atoms with E-state index in [4.69, 9.17) is 4.42 Å². The van der Waals surface area contributed by atoms with Crippen LogP contribution in [0.1, 0.15) is 46.1 Å². The lowest BCUT2D eigenvalue weighted by atomic mass is 10.1. The van der Waals surface area contributed by atoms with Crippen molar-refractivity contribution < 1.29 is 14.0 Å². The van der Waals surface area contributed by atoms with Gasteiger partial charge in [-0.3, -0.25) is 19.6 Å². The summed E-state index contributed by atoms with van der Waals surface area (Å²) < 4.78 is 5.64. The molecule has 1 heterocycles. The van der Waals surface area contributed by atoms with Crippen LogP contribution in [0.4, 0.5) is 11.4 Å². The van der Waals surface area contributed by atoms with Crippen LogP contribution in [0.3, 0.4) is 0 Å². The van der Waals surface area contributed by atoms with Crippen molar-refractivity contribution in [3.63, 3.8) is 0 Å². The standard InChI is InChI=1S/C22H18N2O3/c1-15(25)17-3-7-19(8-4-17)23-13-21-11-12-22(27-21)14-24-20-9-5-18(6-10-20)16(2)26/h3-14H,1-2H3. The van der Waals surface area contributed by atoms with Crippen LogP contribution in [0.2, 0.25) is 0 Å². The van der Waals surface area contributed by atoms with Gasteiger partial charge in [0.15, 0.2) is 11.6 Å². The van der Waals surface area contributed by atoms with Gasteiger partial charge in [-0.1, -0.05) is 0 Å². The third-order valence-electron chi connectivity index (χ3n) is 3.88. The summed E-state index contributed by atoms with van der Waals surface area (Å²) in [6, 6.07) is 17.7. The summed E-state index contributed by atoms with van der Waals surface area (Å²) >= 11 is 0. The monoisotopic (exact) mass is 358 g/mol. The van der Waals surface area contributed by atoms with E-state index in [9.17, 15) is 9.59 Å². The highest BCUT2D eigenvalue weighted by molar-refractivity contribution is 5.95. The molecule has 1 aromatic heterocycles. The number of hydrogen-bond donors (Lipinski definition) is 0. The molecule has 3 rings (SSSR count). The fraction of sp³-hybridized carbons (Fsp3) is 0.0909. The van der Waals surface area contributed by atoms with Crippen molar-refractivity contribution in [3.8, 4) is 0 Å². The van der Waals surface area contributed by atoms with Gasteiger partial charge in [0.1, 0.15) is 11.5 Å². The van der Waals surface area contributed by atoms with Gasteiger partial charge in [0, 0.05) is 11.1 Å². The summed E-state index contributed by atoms with van der Waals surface area (Å²) in [6.07, 6.45) is 3.23. The first-order valence-electron chi connectivity index (χ1n) is 8.41. The third kappa shape index (κ3) is 4.95. The number of Topliss-reactive ketones (excluding diaryl/α,β-unsaturated/α-hetero) is 2. The van der Waals surface area contributed by atoms with Gasteiger partial charge in [-0.25, -0.2) is 0 Å². The number of ketones is 2. The molecule has 2 aromatic carbocycles. The largest absolute Gasteiger partial charge is 0.454 e. The van der Waals surface area contributed by atoms with Crippen LogP contribution < -0.4 is 0 Å². The fourth-order valence-corrected chi connectivity index (χ4v) is 2.35. The number of rotatable bonds is 6. The average Bonchev–Trinajstić information content (AvgIpc) is 3.13. The predicted octanol–water partition coefficient (Wildman–Crippen LogP) is 5.19. The first-order chi connectivity index (χ1) is 13.0. The molecular formula is C22H18N2O3. The van der Waals surface area contributed by atoms with Crippen molar-refractivity contribution in [2.75, 3.05) is 0 Å². The Balaban J connectivity index is 1.65. The lowest BCUT2D eigenvalue weighted by molar-refractivity contribution is 0.100. The molecule has 0 fully saturated rings. The smallest absolute Gasteiger partial charge is 0.159 e. The fourth-order valence-electron chi connectivity index (χ4n) is 2.35. The normalized spacial score (nSPS) is 11.3. The lowest BCUT2D eigenvalue weighted by Crippen LogP contribution is -1.89. The Hall–Kier alpha value is -3.60. The molecule has 0 aliphatic rings. The number of carbonyl (C=O) groups is 2. The number of furan rings is 1. The SMILES string of the molecule is CC(=O)c1ccc(N=Cc2ccc(C=Nc3ccc(C(C)=O)cc3)o2)cc1. The maximum atomic E-state index is 11.3. The van der Waals surface area contributed by atoms with E-state index in [2.05, 4.69) is 9.98 Å². The summed E-state index contributed by atoms with van der Waals surface area (Å²) in [5.74, 6) is 1.24. The molecule has 0 N–H and O–H groups in total. The topological polar surface area (TPSA) is 72.0 Å². The second-order valence-electron chi connectivity index (χ2n) is 5.96. The number of nitrogens with zero attached hydrogens (tertiary/aromatic N) is 2. The summed E-state index contributed by atoms with van der Waals surface area (Å²) in [6.45, 7) is 3.06. The van der Waals surface area contributed by atoms with Crippen molar-refractivity contribution in [1.82, 2.24) is 0 Å². The first kappa shape index (κ1) is 18.2. The summed E-state index contributed by atoms with van der Waals surface area (Å²) in [5.41, 5.74) is 2.78. The Morgan fingerprint density at radius 1 is 0.667 bits per heavy atom. The maximum absolute atomic E-state index is 11.3. The molecule has 0 atom stereocenters. The Bertz CT molecular complexity index is 928.